The second kappa shape index (κ2) is 21.6. The van der Waals surface area contributed by atoms with Gasteiger partial charge >= 0.3 is 17.9 Å². The Labute approximate surface area is 330 Å². The zero-order valence-electron chi connectivity index (χ0n) is 32.8. The number of hydrogen-bond donors (Lipinski definition) is 0. The summed E-state index contributed by atoms with van der Waals surface area (Å²) in [6, 6.07) is 28.3. The number of carbonyl (C=O) groups is 3. The van der Waals surface area contributed by atoms with E-state index in [1.165, 1.54) is 6.42 Å². The van der Waals surface area contributed by atoms with Gasteiger partial charge in [0.25, 0.3) is 0 Å². The van der Waals surface area contributed by atoms with Crippen molar-refractivity contribution in [1.29, 1.82) is 0 Å². The predicted octanol–water partition coefficient (Wildman–Crippen LogP) is 10.3. The molecule has 3 atom stereocenters. The Balaban J connectivity index is 0.958. The Morgan fingerprint density at radius 2 is 1.20 bits per heavy atom. The van der Waals surface area contributed by atoms with Gasteiger partial charge in [-0.15, -0.1) is 0 Å². The van der Waals surface area contributed by atoms with E-state index in [2.05, 4.69) is 27.4 Å². The van der Waals surface area contributed by atoms with Gasteiger partial charge in [-0.3, -0.25) is 0 Å². The molecule has 0 aromatic heterocycles. The second-order valence-electron chi connectivity index (χ2n) is 14.6. The third kappa shape index (κ3) is 13.1. The van der Waals surface area contributed by atoms with Gasteiger partial charge in [0, 0.05) is 0 Å². The lowest BCUT2D eigenvalue weighted by atomic mass is 9.75. The van der Waals surface area contributed by atoms with E-state index in [1.807, 2.05) is 24.3 Å². The molecule has 0 amide bonds. The molecule has 1 aliphatic carbocycles. The van der Waals surface area contributed by atoms with Gasteiger partial charge in [0.15, 0.2) is 0 Å². The van der Waals surface area contributed by atoms with Crippen LogP contribution in [0.3, 0.4) is 0 Å². The number of ether oxygens (including phenoxy) is 6. The van der Waals surface area contributed by atoms with Gasteiger partial charge in [0.2, 0.25) is 0 Å². The Morgan fingerprint density at radius 1 is 0.661 bits per heavy atom. The lowest BCUT2D eigenvalue weighted by molar-refractivity contribution is -0.145. The molecule has 4 aromatic carbocycles. The molecule has 4 aromatic rings. The molecule has 0 aliphatic heterocycles. The van der Waals surface area contributed by atoms with Crippen molar-refractivity contribution in [3.63, 3.8) is 0 Å². The van der Waals surface area contributed by atoms with Crippen molar-refractivity contribution in [3.8, 4) is 34.1 Å². The van der Waals surface area contributed by atoms with Crippen LogP contribution in [0.4, 0.5) is 0 Å². The van der Waals surface area contributed by atoms with Crippen molar-refractivity contribution in [2.24, 2.45) is 17.8 Å². The summed E-state index contributed by atoms with van der Waals surface area (Å²) in [7, 11) is 0. The highest BCUT2D eigenvalue weighted by molar-refractivity contribution is 5.91. The van der Waals surface area contributed by atoms with Crippen LogP contribution in [0.1, 0.15) is 86.4 Å². The molecule has 0 heterocycles. The summed E-state index contributed by atoms with van der Waals surface area (Å²) in [6.45, 7) is 11.5. The molecule has 0 spiro atoms. The highest BCUT2D eigenvalue weighted by atomic mass is 16.6. The van der Waals surface area contributed by atoms with Gasteiger partial charge in [-0.2, -0.15) is 0 Å². The average molecular weight is 763 g/mol. The molecule has 0 radical (unpaired) electrons. The smallest absolute Gasteiger partial charge is 0.343 e. The number of esters is 3. The van der Waals surface area contributed by atoms with Gasteiger partial charge in [-0.05, 0) is 140 Å². The Kier molecular flexibility index (Phi) is 16.1. The fourth-order valence-corrected chi connectivity index (χ4v) is 6.76. The van der Waals surface area contributed by atoms with Crippen LogP contribution in [0.5, 0.6) is 23.0 Å². The van der Waals surface area contributed by atoms with E-state index >= 15 is 0 Å². The van der Waals surface area contributed by atoms with Crippen LogP contribution in [-0.2, 0) is 14.3 Å². The fourth-order valence-electron chi connectivity index (χ4n) is 6.76. The molecule has 9 heteroatoms. The van der Waals surface area contributed by atoms with Crippen molar-refractivity contribution in [1.82, 2.24) is 0 Å². The molecule has 0 saturated heterocycles. The molecule has 1 saturated carbocycles. The van der Waals surface area contributed by atoms with E-state index in [0.717, 1.165) is 49.7 Å². The quantitative estimate of drug-likeness (QED) is 0.0376. The second-order valence-corrected chi connectivity index (χ2v) is 14.6. The summed E-state index contributed by atoms with van der Waals surface area (Å²) in [5.74, 6) is 2.60. The molecule has 3 unspecified atom stereocenters. The molecule has 9 nitrogen and oxygen atoms in total. The SMILES string of the molecule is C=CCOc1ccc(C(=O)OCCCCCCOc2ccc(C(=O)Oc3ccc(-c4ccc(OC(=O)COC5CC(C)CCC5C(C)C)cc4)cc3)cc2)cc1. The van der Waals surface area contributed by atoms with Crippen LogP contribution in [0, 0.1) is 17.8 Å². The predicted molar refractivity (Wildman–Crippen MR) is 216 cm³/mol. The molecule has 5 rings (SSSR count). The monoisotopic (exact) mass is 762 g/mol. The van der Waals surface area contributed by atoms with Crippen molar-refractivity contribution >= 4 is 17.9 Å². The summed E-state index contributed by atoms with van der Waals surface area (Å²) < 4.78 is 33.8. The summed E-state index contributed by atoms with van der Waals surface area (Å²) in [4.78, 5) is 37.6. The number of benzene rings is 4. The molecule has 0 N–H and O–H groups in total. The van der Waals surface area contributed by atoms with Crippen LogP contribution in [0.25, 0.3) is 11.1 Å². The fraction of sp³-hybridized carbons (Fsp3) is 0.383. The lowest BCUT2D eigenvalue weighted by Crippen LogP contribution is -2.36. The third-order valence-corrected chi connectivity index (χ3v) is 9.95. The minimum absolute atomic E-state index is 0.0589. The van der Waals surface area contributed by atoms with Crippen LogP contribution in [0.15, 0.2) is 110 Å². The number of rotatable bonds is 20. The maximum Gasteiger partial charge on any atom is 0.343 e. The standard InChI is InChI=1S/C47H54O9/c1-5-28-51-39-19-15-37(16-20-39)46(49)53-30-9-7-6-8-29-52-40-21-17-38(18-22-40)47(50)56-42-25-13-36(14-26-42)35-11-23-41(24-12-35)55-45(48)32-54-44-31-34(4)10-27-43(44)33(2)3/h5,11-26,33-34,43-44H,1,6-10,27-32H2,2-4H3. The van der Waals surface area contributed by atoms with Crippen molar-refractivity contribution in [2.45, 2.75) is 71.8 Å². The largest absolute Gasteiger partial charge is 0.494 e. The normalized spacial score (nSPS) is 16.5. The van der Waals surface area contributed by atoms with E-state index in [4.69, 9.17) is 28.4 Å². The van der Waals surface area contributed by atoms with Gasteiger partial charge in [0.05, 0.1) is 30.4 Å². The maximum atomic E-state index is 12.8. The average Bonchev–Trinajstić information content (AvgIpc) is 3.21. The van der Waals surface area contributed by atoms with Crippen molar-refractivity contribution < 1.29 is 42.8 Å². The van der Waals surface area contributed by atoms with Gasteiger partial charge in [-0.1, -0.05) is 64.1 Å². The molecule has 1 fully saturated rings. The summed E-state index contributed by atoms with van der Waals surface area (Å²) >= 11 is 0. The minimum Gasteiger partial charge on any atom is -0.494 e. The van der Waals surface area contributed by atoms with Gasteiger partial charge < -0.3 is 28.4 Å². The summed E-state index contributed by atoms with van der Waals surface area (Å²) in [5.41, 5.74) is 2.76. The Morgan fingerprint density at radius 3 is 1.79 bits per heavy atom. The first-order valence-corrected chi connectivity index (χ1v) is 19.7. The van der Waals surface area contributed by atoms with Crippen molar-refractivity contribution in [2.75, 3.05) is 26.4 Å². The minimum atomic E-state index is -0.465. The van der Waals surface area contributed by atoms with Crippen LogP contribution in [0.2, 0.25) is 0 Å². The number of unbranched alkanes of at least 4 members (excludes halogenated alkanes) is 3. The zero-order valence-corrected chi connectivity index (χ0v) is 32.8. The van der Waals surface area contributed by atoms with Crippen LogP contribution < -0.4 is 18.9 Å². The molecular formula is C47H54O9. The Hall–Kier alpha value is -5.41. The highest BCUT2D eigenvalue weighted by Crippen LogP contribution is 2.35. The van der Waals surface area contributed by atoms with E-state index in [1.54, 1.807) is 78.9 Å². The first kappa shape index (κ1) is 41.7. The lowest BCUT2D eigenvalue weighted by Gasteiger charge is -2.36. The zero-order chi connectivity index (χ0) is 39.7. The Bertz CT molecular complexity index is 1830. The van der Waals surface area contributed by atoms with Crippen LogP contribution in [-0.4, -0.2) is 50.4 Å². The first-order valence-electron chi connectivity index (χ1n) is 19.7. The highest BCUT2D eigenvalue weighted by Gasteiger charge is 2.32. The van der Waals surface area contributed by atoms with E-state index in [-0.39, 0.29) is 18.7 Å². The summed E-state index contributed by atoms with van der Waals surface area (Å²) in [6.07, 6.45) is 8.54. The molecule has 296 valence electrons. The van der Waals surface area contributed by atoms with Crippen LogP contribution >= 0.6 is 0 Å². The maximum absolute atomic E-state index is 12.8. The van der Waals surface area contributed by atoms with Gasteiger partial charge in [0.1, 0.15) is 36.2 Å². The third-order valence-electron chi connectivity index (χ3n) is 9.95. The van der Waals surface area contributed by atoms with Crippen molar-refractivity contribution in [3.05, 3.63) is 121 Å². The summed E-state index contributed by atoms with van der Waals surface area (Å²) in [5, 5.41) is 0. The molecular weight excluding hydrogens is 709 g/mol. The number of carbonyl (C=O) groups excluding carboxylic acids is 3. The van der Waals surface area contributed by atoms with E-state index < -0.39 is 11.9 Å². The van der Waals surface area contributed by atoms with E-state index in [9.17, 15) is 14.4 Å². The topological polar surface area (TPSA) is 107 Å². The molecule has 1 aliphatic rings. The number of hydrogen-bond acceptors (Lipinski definition) is 9. The molecule has 56 heavy (non-hydrogen) atoms. The van der Waals surface area contributed by atoms with Gasteiger partial charge in [-0.25, -0.2) is 14.4 Å². The molecule has 0 bridgehead atoms. The first-order chi connectivity index (χ1) is 27.2. The van der Waals surface area contributed by atoms with E-state index in [0.29, 0.717) is 71.7 Å².